The molecule has 0 aliphatic carbocycles. The van der Waals surface area contributed by atoms with Gasteiger partial charge in [-0.2, -0.15) is 0 Å². The SMILES string of the molecule is Cc1ccc(CN)cc1NC(=O)c1ccc2c(c1)COC2. The third-order valence-corrected chi connectivity index (χ3v) is 3.77. The van der Waals surface area contributed by atoms with Gasteiger partial charge < -0.3 is 15.8 Å². The number of aryl methyl sites for hydroxylation is 1. The predicted molar refractivity (Wildman–Crippen MR) is 82.0 cm³/mol. The Morgan fingerprint density at radius 3 is 2.81 bits per heavy atom. The third-order valence-electron chi connectivity index (χ3n) is 3.77. The zero-order valence-electron chi connectivity index (χ0n) is 12.0. The van der Waals surface area contributed by atoms with Crippen LogP contribution in [0.1, 0.15) is 32.6 Å². The second-order valence-electron chi connectivity index (χ2n) is 5.28. The summed E-state index contributed by atoms with van der Waals surface area (Å²) in [6.07, 6.45) is 0. The molecule has 2 aromatic carbocycles. The first kappa shape index (κ1) is 13.8. The number of hydrogen-bond donors (Lipinski definition) is 2. The van der Waals surface area contributed by atoms with E-state index in [-0.39, 0.29) is 5.91 Å². The number of benzene rings is 2. The molecule has 1 amide bonds. The van der Waals surface area contributed by atoms with Gasteiger partial charge in [0.05, 0.1) is 13.2 Å². The van der Waals surface area contributed by atoms with Crippen LogP contribution in [-0.4, -0.2) is 5.91 Å². The first-order chi connectivity index (χ1) is 10.2. The van der Waals surface area contributed by atoms with E-state index < -0.39 is 0 Å². The number of nitrogens with two attached hydrogens (primary N) is 1. The van der Waals surface area contributed by atoms with Crippen molar-refractivity contribution in [2.45, 2.75) is 26.7 Å². The van der Waals surface area contributed by atoms with Gasteiger partial charge in [0.15, 0.2) is 0 Å². The first-order valence-electron chi connectivity index (χ1n) is 6.98. The molecule has 0 spiro atoms. The number of anilines is 1. The minimum Gasteiger partial charge on any atom is -0.372 e. The minimum absolute atomic E-state index is 0.109. The van der Waals surface area contributed by atoms with Crippen LogP contribution < -0.4 is 11.1 Å². The lowest BCUT2D eigenvalue weighted by atomic mass is 10.1. The van der Waals surface area contributed by atoms with E-state index in [1.54, 1.807) is 0 Å². The second kappa shape index (κ2) is 5.68. The first-order valence-corrected chi connectivity index (χ1v) is 6.98. The number of hydrogen-bond acceptors (Lipinski definition) is 3. The molecule has 0 unspecified atom stereocenters. The molecule has 3 N–H and O–H groups in total. The quantitative estimate of drug-likeness (QED) is 0.909. The zero-order valence-corrected chi connectivity index (χ0v) is 12.0. The highest BCUT2D eigenvalue weighted by Crippen LogP contribution is 2.22. The maximum Gasteiger partial charge on any atom is 0.255 e. The van der Waals surface area contributed by atoms with Gasteiger partial charge in [-0.3, -0.25) is 4.79 Å². The van der Waals surface area contributed by atoms with E-state index in [9.17, 15) is 4.79 Å². The molecule has 0 radical (unpaired) electrons. The monoisotopic (exact) mass is 282 g/mol. The molecule has 1 heterocycles. The number of rotatable bonds is 3. The molecule has 1 aliphatic heterocycles. The summed E-state index contributed by atoms with van der Waals surface area (Å²) in [6, 6.07) is 11.6. The van der Waals surface area contributed by atoms with E-state index in [0.29, 0.717) is 25.3 Å². The normalized spacial score (nSPS) is 13.0. The molecule has 3 rings (SSSR count). The molecule has 1 aliphatic rings. The number of nitrogens with one attached hydrogen (secondary N) is 1. The Hall–Kier alpha value is -2.17. The average molecular weight is 282 g/mol. The van der Waals surface area contributed by atoms with Crippen LogP contribution in [0.3, 0.4) is 0 Å². The molecule has 0 atom stereocenters. The standard InChI is InChI=1S/C17H18N2O2/c1-11-2-3-12(8-18)6-16(11)19-17(20)13-4-5-14-9-21-10-15(14)7-13/h2-7H,8-10,18H2,1H3,(H,19,20). The van der Waals surface area contributed by atoms with Crippen molar-refractivity contribution in [3.05, 3.63) is 64.2 Å². The molecule has 0 bridgehead atoms. The lowest BCUT2D eigenvalue weighted by Crippen LogP contribution is -2.13. The van der Waals surface area contributed by atoms with Crippen molar-refractivity contribution in [1.29, 1.82) is 0 Å². The summed E-state index contributed by atoms with van der Waals surface area (Å²) in [5, 5.41) is 2.96. The molecule has 4 heteroatoms. The molecule has 0 aromatic heterocycles. The van der Waals surface area contributed by atoms with Crippen LogP contribution in [0, 0.1) is 6.92 Å². The molecule has 2 aromatic rings. The van der Waals surface area contributed by atoms with Gasteiger partial charge in [-0.05, 0) is 47.4 Å². The number of carbonyl (C=O) groups excluding carboxylic acids is 1. The molecule has 0 saturated carbocycles. The Morgan fingerprint density at radius 1 is 1.19 bits per heavy atom. The van der Waals surface area contributed by atoms with Crippen molar-refractivity contribution >= 4 is 11.6 Å². The van der Waals surface area contributed by atoms with Crippen molar-refractivity contribution in [3.63, 3.8) is 0 Å². The van der Waals surface area contributed by atoms with Gasteiger partial charge in [0, 0.05) is 17.8 Å². The van der Waals surface area contributed by atoms with Gasteiger partial charge in [0.1, 0.15) is 0 Å². The zero-order chi connectivity index (χ0) is 14.8. The van der Waals surface area contributed by atoms with Crippen LogP contribution in [0.15, 0.2) is 36.4 Å². The van der Waals surface area contributed by atoms with E-state index in [4.69, 9.17) is 10.5 Å². The summed E-state index contributed by atoms with van der Waals surface area (Å²) in [7, 11) is 0. The van der Waals surface area contributed by atoms with Crippen LogP contribution >= 0.6 is 0 Å². The summed E-state index contributed by atoms with van der Waals surface area (Å²) in [4.78, 5) is 12.4. The van der Waals surface area contributed by atoms with Crippen molar-refractivity contribution < 1.29 is 9.53 Å². The summed E-state index contributed by atoms with van der Waals surface area (Å²) < 4.78 is 5.37. The number of ether oxygens (including phenoxy) is 1. The van der Waals surface area contributed by atoms with E-state index in [0.717, 1.165) is 27.9 Å². The van der Waals surface area contributed by atoms with Crippen LogP contribution in [0.25, 0.3) is 0 Å². The number of fused-ring (bicyclic) bond motifs is 1. The Labute approximate surface area is 123 Å². The highest BCUT2D eigenvalue weighted by Gasteiger charge is 2.15. The van der Waals surface area contributed by atoms with Gasteiger partial charge in [0.2, 0.25) is 0 Å². The fourth-order valence-corrected chi connectivity index (χ4v) is 2.44. The number of carbonyl (C=O) groups is 1. The smallest absolute Gasteiger partial charge is 0.255 e. The molecule has 0 saturated heterocycles. The largest absolute Gasteiger partial charge is 0.372 e. The van der Waals surface area contributed by atoms with Gasteiger partial charge in [-0.25, -0.2) is 0 Å². The minimum atomic E-state index is -0.109. The molecule has 4 nitrogen and oxygen atoms in total. The van der Waals surface area contributed by atoms with Crippen molar-refractivity contribution in [3.8, 4) is 0 Å². The average Bonchev–Trinajstić information content (AvgIpc) is 2.96. The summed E-state index contributed by atoms with van der Waals surface area (Å²) in [5.74, 6) is -0.109. The maximum atomic E-state index is 12.4. The van der Waals surface area contributed by atoms with Gasteiger partial charge in [0.25, 0.3) is 5.91 Å². The van der Waals surface area contributed by atoms with Gasteiger partial charge in [-0.15, -0.1) is 0 Å². The summed E-state index contributed by atoms with van der Waals surface area (Å²) in [5.41, 5.74) is 11.4. The fraction of sp³-hybridized carbons (Fsp3) is 0.235. The fourth-order valence-electron chi connectivity index (χ4n) is 2.44. The molecular weight excluding hydrogens is 264 g/mol. The van der Waals surface area contributed by atoms with Crippen LogP contribution in [0.5, 0.6) is 0 Å². The summed E-state index contributed by atoms with van der Waals surface area (Å²) >= 11 is 0. The van der Waals surface area contributed by atoms with E-state index in [2.05, 4.69) is 5.32 Å². The van der Waals surface area contributed by atoms with Crippen molar-refractivity contribution in [2.24, 2.45) is 5.73 Å². The molecular formula is C17H18N2O2. The summed E-state index contributed by atoms with van der Waals surface area (Å²) in [6.45, 7) is 3.64. The second-order valence-corrected chi connectivity index (χ2v) is 5.28. The Morgan fingerprint density at radius 2 is 2.00 bits per heavy atom. The van der Waals surface area contributed by atoms with Crippen LogP contribution in [-0.2, 0) is 24.5 Å². The van der Waals surface area contributed by atoms with Crippen molar-refractivity contribution in [2.75, 3.05) is 5.32 Å². The van der Waals surface area contributed by atoms with E-state index in [1.165, 1.54) is 0 Å². The predicted octanol–water partition coefficient (Wildman–Crippen LogP) is 2.74. The molecule has 21 heavy (non-hydrogen) atoms. The molecule has 0 fully saturated rings. The maximum absolute atomic E-state index is 12.4. The highest BCUT2D eigenvalue weighted by atomic mass is 16.5. The van der Waals surface area contributed by atoms with Crippen molar-refractivity contribution in [1.82, 2.24) is 0 Å². The Kier molecular flexibility index (Phi) is 3.73. The topological polar surface area (TPSA) is 64.3 Å². The molecule has 108 valence electrons. The third kappa shape index (κ3) is 2.82. The van der Waals surface area contributed by atoms with E-state index in [1.807, 2.05) is 43.3 Å². The van der Waals surface area contributed by atoms with E-state index >= 15 is 0 Å². The Bertz CT molecular complexity index is 695. The highest BCUT2D eigenvalue weighted by molar-refractivity contribution is 6.04. The van der Waals surface area contributed by atoms with Crippen LogP contribution in [0.4, 0.5) is 5.69 Å². The van der Waals surface area contributed by atoms with Gasteiger partial charge >= 0.3 is 0 Å². The van der Waals surface area contributed by atoms with Crippen LogP contribution in [0.2, 0.25) is 0 Å². The number of amides is 1. The van der Waals surface area contributed by atoms with Gasteiger partial charge in [-0.1, -0.05) is 18.2 Å². The Balaban J connectivity index is 1.83. The lowest BCUT2D eigenvalue weighted by molar-refractivity contribution is 0.102. The lowest BCUT2D eigenvalue weighted by Gasteiger charge is -2.10.